The molecule has 178 valence electrons. The summed E-state index contributed by atoms with van der Waals surface area (Å²) in [5.41, 5.74) is 3.29. The maximum atomic E-state index is 13.8. The van der Waals surface area contributed by atoms with Crippen LogP contribution in [0.25, 0.3) is 11.0 Å². The normalized spacial score (nSPS) is 15.0. The monoisotopic (exact) mass is 489 g/mol. The first-order valence-corrected chi connectivity index (χ1v) is 12.1. The van der Waals surface area contributed by atoms with Crippen molar-refractivity contribution in [2.75, 3.05) is 12.0 Å². The lowest BCUT2D eigenvalue weighted by Gasteiger charge is -2.22. The molecule has 2 aromatic heterocycles. The number of ether oxygens (including phenoxy) is 1. The summed E-state index contributed by atoms with van der Waals surface area (Å²) >= 11 is 1.32. The van der Waals surface area contributed by atoms with E-state index in [0.29, 0.717) is 27.2 Å². The molecule has 0 fully saturated rings. The molecular weight excluding hydrogens is 466 g/mol. The zero-order valence-electron chi connectivity index (χ0n) is 19.7. The minimum Gasteiger partial charge on any atom is -0.465 e. The van der Waals surface area contributed by atoms with Crippen molar-refractivity contribution in [3.63, 3.8) is 0 Å². The molecule has 0 radical (unpaired) electrons. The predicted molar refractivity (Wildman–Crippen MR) is 132 cm³/mol. The van der Waals surface area contributed by atoms with Crippen LogP contribution in [0, 0.1) is 13.8 Å². The van der Waals surface area contributed by atoms with Gasteiger partial charge >= 0.3 is 5.97 Å². The van der Waals surface area contributed by atoms with Gasteiger partial charge in [0.2, 0.25) is 10.9 Å². The lowest BCUT2D eigenvalue weighted by molar-refractivity contribution is 0.0600. The van der Waals surface area contributed by atoms with Gasteiger partial charge in [-0.3, -0.25) is 14.5 Å². The predicted octanol–water partition coefficient (Wildman–Crippen LogP) is 4.75. The van der Waals surface area contributed by atoms with E-state index >= 15 is 0 Å². The van der Waals surface area contributed by atoms with Crippen molar-refractivity contribution < 1.29 is 18.7 Å². The number of nitrogens with zero attached hydrogens (tertiary/aromatic N) is 3. The molecule has 0 saturated carbocycles. The van der Waals surface area contributed by atoms with E-state index in [-0.39, 0.29) is 16.8 Å². The molecule has 4 aromatic rings. The number of amides is 1. The highest BCUT2D eigenvalue weighted by molar-refractivity contribution is 7.15. The first-order chi connectivity index (χ1) is 16.8. The lowest BCUT2D eigenvalue weighted by Crippen LogP contribution is -2.29. The zero-order chi connectivity index (χ0) is 24.9. The summed E-state index contributed by atoms with van der Waals surface area (Å²) in [7, 11) is 1.31. The number of hydrogen-bond acceptors (Lipinski definition) is 8. The number of carbonyl (C=O) groups excluding carboxylic acids is 2. The van der Waals surface area contributed by atoms with E-state index in [0.717, 1.165) is 29.0 Å². The van der Waals surface area contributed by atoms with Gasteiger partial charge < -0.3 is 9.15 Å². The first-order valence-electron chi connectivity index (χ1n) is 11.3. The van der Waals surface area contributed by atoms with E-state index in [4.69, 9.17) is 9.15 Å². The molecule has 8 nitrogen and oxygen atoms in total. The van der Waals surface area contributed by atoms with Crippen LogP contribution >= 0.6 is 11.3 Å². The van der Waals surface area contributed by atoms with Gasteiger partial charge in [0.15, 0.2) is 5.43 Å². The van der Waals surface area contributed by atoms with Crippen molar-refractivity contribution >= 4 is 39.3 Å². The van der Waals surface area contributed by atoms with Crippen molar-refractivity contribution in [1.82, 2.24) is 10.2 Å². The molecule has 1 amide bonds. The average Bonchev–Trinajstić information content (AvgIpc) is 3.42. The molecule has 1 aliphatic rings. The minimum atomic E-state index is -0.770. The summed E-state index contributed by atoms with van der Waals surface area (Å²) in [5, 5.41) is 10.1. The minimum absolute atomic E-state index is 0.0000361. The van der Waals surface area contributed by atoms with Crippen LogP contribution in [0.15, 0.2) is 45.6 Å². The molecule has 1 atom stereocenters. The Labute approximate surface area is 205 Å². The van der Waals surface area contributed by atoms with Gasteiger partial charge in [-0.05, 0) is 61.2 Å². The van der Waals surface area contributed by atoms with E-state index in [2.05, 4.69) is 10.2 Å². The highest BCUT2D eigenvalue weighted by Gasteiger charge is 2.45. The summed E-state index contributed by atoms with van der Waals surface area (Å²) < 4.78 is 10.9. The SMILES string of the molecule is CCCc1nnc(N2C(=O)c3oc4cc(C)c(C)cc4c(=O)c3C2c2ccc(C(=O)OC)cc2)s1. The molecule has 1 unspecified atom stereocenters. The van der Waals surface area contributed by atoms with Crippen LogP contribution in [-0.2, 0) is 11.2 Å². The van der Waals surface area contributed by atoms with Gasteiger partial charge in [0, 0.05) is 6.42 Å². The Morgan fingerprint density at radius 3 is 2.51 bits per heavy atom. The van der Waals surface area contributed by atoms with Crippen molar-refractivity contribution in [3.8, 4) is 0 Å². The molecule has 9 heteroatoms. The third-order valence-corrected chi connectivity index (χ3v) is 7.24. The maximum absolute atomic E-state index is 13.8. The van der Waals surface area contributed by atoms with E-state index < -0.39 is 17.9 Å². The van der Waals surface area contributed by atoms with Crippen LogP contribution in [0.3, 0.4) is 0 Å². The number of aromatic nitrogens is 2. The quantitative estimate of drug-likeness (QED) is 0.373. The van der Waals surface area contributed by atoms with Crippen molar-refractivity contribution in [2.24, 2.45) is 0 Å². The number of fused-ring (bicyclic) bond motifs is 2. The van der Waals surface area contributed by atoms with Gasteiger partial charge in [-0.25, -0.2) is 4.79 Å². The molecule has 0 spiro atoms. The van der Waals surface area contributed by atoms with Gasteiger partial charge in [0.25, 0.3) is 5.91 Å². The summed E-state index contributed by atoms with van der Waals surface area (Å²) in [5.74, 6) is -0.917. The number of anilines is 1. The van der Waals surface area contributed by atoms with Crippen LogP contribution < -0.4 is 10.3 Å². The molecule has 0 bridgehead atoms. The first kappa shape index (κ1) is 22.9. The van der Waals surface area contributed by atoms with Crippen LogP contribution in [0.1, 0.15) is 67.6 Å². The number of methoxy groups -OCH3 is 1. The lowest BCUT2D eigenvalue weighted by atomic mass is 9.97. The number of carbonyl (C=O) groups is 2. The fraction of sp³-hybridized carbons (Fsp3) is 0.269. The molecule has 3 heterocycles. The third kappa shape index (κ3) is 3.72. The summed E-state index contributed by atoms with van der Waals surface area (Å²) in [4.78, 5) is 40.9. The molecule has 2 aromatic carbocycles. The Hall–Kier alpha value is -3.85. The largest absolute Gasteiger partial charge is 0.465 e. The van der Waals surface area contributed by atoms with Crippen molar-refractivity contribution in [3.05, 3.63) is 85.2 Å². The van der Waals surface area contributed by atoms with E-state index in [1.165, 1.54) is 23.3 Å². The molecule has 0 aliphatic carbocycles. The van der Waals surface area contributed by atoms with Crippen LogP contribution in [0.2, 0.25) is 0 Å². The van der Waals surface area contributed by atoms with Gasteiger partial charge in [0.1, 0.15) is 10.6 Å². The highest BCUT2D eigenvalue weighted by Crippen LogP contribution is 2.42. The Kier molecular flexibility index (Phi) is 5.72. The summed E-state index contributed by atoms with van der Waals surface area (Å²) in [6.45, 7) is 5.90. The maximum Gasteiger partial charge on any atom is 0.337 e. The summed E-state index contributed by atoms with van der Waals surface area (Å²) in [6.07, 6.45) is 1.64. The van der Waals surface area contributed by atoms with E-state index in [1.54, 1.807) is 36.4 Å². The van der Waals surface area contributed by atoms with Crippen LogP contribution in [0.5, 0.6) is 0 Å². The smallest absolute Gasteiger partial charge is 0.337 e. The summed E-state index contributed by atoms with van der Waals surface area (Å²) in [6, 6.07) is 9.46. The van der Waals surface area contributed by atoms with Gasteiger partial charge in [-0.15, -0.1) is 10.2 Å². The van der Waals surface area contributed by atoms with E-state index in [9.17, 15) is 14.4 Å². The van der Waals surface area contributed by atoms with E-state index in [1.807, 2.05) is 20.8 Å². The number of hydrogen-bond donors (Lipinski definition) is 0. The Morgan fingerprint density at radius 2 is 1.83 bits per heavy atom. The standard InChI is InChI=1S/C26H23N3O5S/c1-5-6-19-27-28-26(35-19)29-21(15-7-9-16(10-8-15)25(32)33-4)20-22(30)17-11-13(2)14(3)12-18(17)34-23(20)24(29)31/h7-12,21H,5-6H2,1-4H3. The highest BCUT2D eigenvalue weighted by atomic mass is 32.1. The van der Waals surface area contributed by atoms with Crippen molar-refractivity contribution in [1.29, 1.82) is 0 Å². The molecule has 5 rings (SSSR count). The third-order valence-electron chi connectivity index (χ3n) is 6.26. The Balaban J connectivity index is 1.74. The van der Waals surface area contributed by atoms with Crippen molar-refractivity contribution in [2.45, 2.75) is 39.7 Å². The molecule has 0 N–H and O–H groups in total. The second-order valence-electron chi connectivity index (χ2n) is 8.53. The molecule has 0 saturated heterocycles. The molecule has 1 aliphatic heterocycles. The van der Waals surface area contributed by atoms with Gasteiger partial charge in [0.05, 0.1) is 29.7 Å². The number of aryl methyl sites for hydroxylation is 3. The number of benzene rings is 2. The van der Waals surface area contributed by atoms with Crippen LogP contribution in [-0.4, -0.2) is 29.2 Å². The fourth-order valence-corrected chi connectivity index (χ4v) is 5.28. The second-order valence-corrected chi connectivity index (χ2v) is 9.57. The molecular formula is C26H23N3O5S. The second kappa shape index (κ2) is 8.74. The molecule has 35 heavy (non-hydrogen) atoms. The zero-order valence-corrected chi connectivity index (χ0v) is 20.6. The Bertz CT molecular complexity index is 1540. The Morgan fingerprint density at radius 1 is 1.11 bits per heavy atom. The topological polar surface area (TPSA) is 103 Å². The number of esters is 1. The van der Waals surface area contributed by atoms with Crippen LogP contribution in [0.4, 0.5) is 5.13 Å². The average molecular weight is 490 g/mol. The van der Waals surface area contributed by atoms with Gasteiger partial charge in [-0.2, -0.15) is 0 Å². The number of rotatable bonds is 5. The fourth-order valence-electron chi connectivity index (χ4n) is 4.32. The van der Waals surface area contributed by atoms with Gasteiger partial charge in [-0.1, -0.05) is 30.4 Å².